The Balaban J connectivity index is 1.78. The molecule has 0 saturated heterocycles. The van der Waals surface area contributed by atoms with Crippen LogP contribution in [0.1, 0.15) is 41.6 Å². The first kappa shape index (κ1) is 14.1. The molecule has 1 saturated carbocycles. The Labute approximate surface area is 136 Å². The summed E-state index contributed by atoms with van der Waals surface area (Å²) in [6.07, 6.45) is 1.69. The van der Waals surface area contributed by atoms with Gasteiger partial charge in [0, 0.05) is 17.4 Å². The summed E-state index contributed by atoms with van der Waals surface area (Å²) in [4.78, 5) is 0. The summed E-state index contributed by atoms with van der Waals surface area (Å²) in [6, 6.07) is 16.2. The van der Waals surface area contributed by atoms with Crippen molar-refractivity contribution in [1.29, 1.82) is 5.26 Å². The fourth-order valence-electron chi connectivity index (χ4n) is 4.10. The number of nitriles is 1. The van der Waals surface area contributed by atoms with Crippen molar-refractivity contribution in [3.8, 4) is 17.6 Å². The molecule has 0 aromatic heterocycles. The van der Waals surface area contributed by atoms with Crippen LogP contribution in [-0.4, -0.2) is 5.11 Å². The number of phenols is 1. The molecule has 2 aliphatic rings. The van der Waals surface area contributed by atoms with Crippen molar-refractivity contribution in [3.05, 3.63) is 59.2 Å². The lowest BCUT2D eigenvalue weighted by molar-refractivity contribution is 0.103. The van der Waals surface area contributed by atoms with Crippen LogP contribution < -0.4 is 4.74 Å². The maximum atomic E-state index is 9.82. The van der Waals surface area contributed by atoms with Crippen molar-refractivity contribution in [3.63, 3.8) is 0 Å². The van der Waals surface area contributed by atoms with Gasteiger partial charge in [-0.15, -0.1) is 0 Å². The fraction of sp³-hybridized carbons (Fsp3) is 0.350. The van der Waals surface area contributed by atoms with E-state index in [0.29, 0.717) is 0 Å². The van der Waals surface area contributed by atoms with Crippen LogP contribution in [0, 0.1) is 30.1 Å². The highest BCUT2D eigenvalue weighted by Crippen LogP contribution is 2.55. The number of aromatic hydroxyl groups is 1. The minimum absolute atomic E-state index is 0.0176. The third-order valence-corrected chi connectivity index (χ3v) is 5.24. The lowest BCUT2D eigenvalue weighted by Crippen LogP contribution is -2.26. The van der Waals surface area contributed by atoms with Gasteiger partial charge in [0.25, 0.3) is 0 Å². The monoisotopic (exact) mass is 305 g/mol. The Morgan fingerprint density at radius 3 is 2.65 bits per heavy atom. The molecule has 0 bridgehead atoms. The molecule has 2 aromatic rings. The summed E-state index contributed by atoms with van der Waals surface area (Å²) >= 11 is 0. The summed E-state index contributed by atoms with van der Waals surface area (Å²) in [5.74, 6) is 1.74. The number of hydrogen-bond acceptors (Lipinski definition) is 3. The van der Waals surface area contributed by atoms with Crippen LogP contribution in [0.5, 0.6) is 11.5 Å². The maximum Gasteiger partial charge on any atom is 0.127 e. The molecule has 3 nitrogen and oxygen atoms in total. The molecule has 1 aliphatic heterocycles. The molecule has 116 valence electrons. The lowest BCUT2D eigenvalue weighted by Gasteiger charge is -2.36. The van der Waals surface area contributed by atoms with Gasteiger partial charge in [-0.1, -0.05) is 29.8 Å². The van der Waals surface area contributed by atoms with Crippen LogP contribution in [0.15, 0.2) is 42.5 Å². The van der Waals surface area contributed by atoms with E-state index in [9.17, 15) is 10.4 Å². The highest BCUT2D eigenvalue weighted by molar-refractivity contribution is 5.46. The Morgan fingerprint density at radius 1 is 1.13 bits per heavy atom. The van der Waals surface area contributed by atoms with Gasteiger partial charge in [0.05, 0.1) is 6.07 Å². The molecule has 4 rings (SSSR count). The third-order valence-electron chi connectivity index (χ3n) is 5.24. The van der Waals surface area contributed by atoms with Gasteiger partial charge in [-0.05, 0) is 49.4 Å². The van der Waals surface area contributed by atoms with Crippen molar-refractivity contribution in [1.82, 2.24) is 0 Å². The van der Waals surface area contributed by atoms with Gasteiger partial charge in [-0.25, -0.2) is 0 Å². The van der Waals surface area contributed by atoms with Gasteiger partial charge in [-0.3, -0.25) is 0 Å². The summed E-state index contributed by atoms with van der Waals surface area (Å²) in [5, 5.41) is 19.2. The first-order valence-corrected chi connectivity index (χ1v) is 8.11. The van der Waals surface area contributed by atoms with Crippen molar-refractivity contribution in [2.75, 3.05) is 0 Å². The predicted molar refractivity (Wildman–Crippen MR) is 87.2 cm³/mol. The number of phenolic OH excluding ortho intramolecular Hbond substituents is 1. The molecule has 23 heavy (non-hydrogen) atoms. The van der Waals surface area contributed by atoms with Gasteiger partial charge in [-0.2, -0.15) is 5.26 Å². The summed E-state index contributed by atoms with van der Waals surface area (Å²) < 4.78 is 6.30. The molecule has 4 atom stereocenters. The SMILES string of the molecule is Cc1ccc([C@@H]2Oc3ccc(O)cc3[C@@H]3C[C@H](C#N)C[C@@H]32)cc1. The van der Waals surface area contributed by atoms with Crippen molar-refractivity contribution < 1.29 is 9.84 Å². The summed E-state index contributed by atoms with van der Waals surface area (Å²) in [5.41, 5.74) is 3.45. The van der Waals surface area contributed by atoms with Gasteiger partial charge in [0.15, 0.2) is 0 Å². The number of hydrogen-bond donors (Lipinski definition) is 1. The highest BCUT2D eigenvalue weighted by Gasteiger charge is 2.45. The number of rotatable bonds is 1. The molecule has 0 spiro atoms. The molecule has 1 heterocycles. The Bertz CT molecular complexity index is 775. The van der Waals surface area contributed by atoms with Crippen LogP contribution in [0.4, 0.5) is 0 Å². The molecular weight excluding hydrogens is 286 g/mol. The van der Waals surface area contributed by atoms with Gasteiger partial charge < -0.3 is 9.84 Å². The minimum atomic E-state index is -0.0176. The molecule has 0 unspecified atom stereocenters. The molecule has 1 fully saturated rings. The standard InChI is InChI=1S/C20H19NO2/c1-12-2-4-14(5-3-12)20-18-9-13(11-21)8-16(18)17-10-15(22)6-7-19(17)23-20/h2-7,10,13,16,18,20,22H,8-9H2,1H3/t13-,16-,18-,20-/m0/s1. The minimum Gasteiger partial charge on any atom is -0.508 e. The van der Waals surface area contributed by atoms with E-state index in [1.807, 2.05) is 6.07 Å². The number of nitrogens with zero attached hydrogens (tertiary/aromatic N) is 1. The number of ether oxygens (including phenoxy) is 1. The molecular formula is C20H19NO2. The smallest absolute Gasteiger partial charge is 0.127 e. The van der Waals surface area contributed by atoms with Crippen LogP contribution in [0.2, 0.25) is 0 Å². The van der Waals surface area contributed by atoms with Gasteiger partial charge in [0.1, 0.15) is 17.6 Å². The molecule has 1 N–H and O–H groups in total. The van der Waals surface area contributed by atoms with Gasteiger partial charge >= 0.3 is 0 Å². The van der Waals surface area contributed by atoms with E-state index in [1.54, 1.807) is 12.1 Å². The average molecular weight is 305 g/mol. The molecule has 3 heteroatoms. The first-order chi connectivity index (χ1) is 11.2. The topological polar surface area (TPSA) is 53.2 Å². The van der Waals surface area contributed by atoms with Crippen molar-refractivity contribution >= 4 is 0 Å². The van der Waals surface area contributed by atoms with Gasteiger partial charge in [0.2, 0.25) is 0 Å². The van der Waals surface area contributed by atoms with Crippen LogP contribution in [-0.2, 0) is 0 Å². The number of benzene rings is 2. The first-order valence-electron chi connectivity index (χ1n) is 8.11. The number of fused-ring (bicyclic) bond motifs is 3. The Kier molecular flexibility index (Phi) is 3.27. The second kappa shape index (κ2) is 5.31. The van der Waals surface area contributed by atoms with E-state index in [0.717, 1.165) is 24.2 Å². The third kappa shape index (κ3) is 2.35. The van der Waals surface area contributed by atoms with E-state index in [1.165, 1.54) is 11.1 Å². The zero-order chi connectivity index (χ0) is 16.0. The van der Waals surface area contributed by atoms with E-state index < -0.39 is 0 Å². The van der Waals surface area contributed by atoms with Crippen molar-refractivity contribution in [2.45, 2.75) is 31.8 Å². The molecule has 0 radical (unpaired) electrons. The lowest BCUT2D eigenvalue weighted by atomic mass is 9.80. The van der Waals surface area contributed by atoms with E-state index >= 15 is 0 Å². The zero-order valence-corrected chi connectivity index (χ0v) is 13.1. The van der Waals surface area contributed by atoms with Crippen LogP contribution in [0.25, 0.3) is 0 Å². The predicted octanol–water partition coefficient (Wildman–Crippen LogP) is 4.47. The van der Waals surface area contributed by atoms with E-state index in [2.05, 4.69) is 37.3 Å². The fourth-order valence-corrected chi connectivity index (χ4v) is 4.10. The Morgan fingerprint density at radius 2 is 1.91 bits per heavy atom. The summed E-state index contributed by atoms with van der Waals surface area (Å²) in [7, 11) is 0. The largest absolute Gasteiger partial charge is 0.508 e. The molecule has 2 aromatic carbocycles. The summed E-state index contributed by atoms with van der Waals surface area (Å²) in [6.45, 7) is 2.08. The van der Waals surface area contributed by atoms with Crippen molar-refractivity contribution in [2.24, 2.45) is 11.8 Å². The van der Waals surface area contributed by atoms with E-state index in [-0.39, 0.29) is 29.6 Å². The quantitative estimate of drug-likeness (QED) is 0.846. The average Bonchev–Trinajstić information content (AvgIpc) is 3.00. The molecule has 1 aliphatic carbocycles. The second-order valence-electron chi connectivity index (χ2n) is 6.74. The zero-order valence-electron chi connectivity index (χ0n) is 13.1. The van der Waals surface area contributed by atoms with E-state index in [4.69, 9.17) is 4.74 Å². The van der Waals surface area contributed by atoms with Crippen LogP contribution in [0.3, 0.4) is 0 Å². The maximum absolute atomic E-state index is 9.82. The highest BCUT2D eigenvalue weighted by atomic mass is 16.5. The normalized spacial score (nSPS) is 28.3. The number of aryl methyl sites for hydroxylation is 1. The molecule has 0 amide bonds. The Hall–Kier alpha value is -2.47. The van der Waals surface area contributed by atoms with Crippen LogP contribution >= 0.6 is 0 Å². The second-order valence-corrected chi connectivity index (χ2v) is 6.74.